The molecule has 0 fully saturated rings. The van der Waals surface area contributed by atoms with Gasteiger partial charge in [-0.15, -0.1) is 47.5 Å². The smallest absolute Gasteiger partial charge is 0.131 e. The van der Waals surface area contributed by atoms with Crippen LogP contribution in [0.1, 0.15) is 23.1 Å². The fraction of sp³-hybridized carbons (Fsp3) is 0.312. The molecule has 0 aliphatic rings. The Labute approximate surface area is 177 Å². The maximum Gasteiger partial charge on any atom is 0.131 e. The number of rotatable bonds is 6. The van der Waals surface area contributed by atoms with Gasteiger partial charge in [0.2, 0.25) is 0 Å². The summed E-state index contributed by atoms with van der Waals surface area (Å²) in [4.78, 5) is 6.74. The highest BCUT2D eigenvalue weighted by Gasteiger charge is 2.17. The van der Waals surface area contributed by atoms with Crippen LogP contribution in [0.25, 0.3) is 10.2 Å². The van der Waals surface area contributed by atoms with E-state index in [-0.39, 0.29) is 30.9 Å². The fourth-order valence-corrected chi connectivity index (χ4v) is 4.73. The van der Waals surface area contributed by atoms with Gasteiger partial charge in [0.25, 0.3) is 0 Å². The number of hydrogen-bond acceptors (Lipinski definition) is 5. The maximum absolute atomic E-state index is 6.51. The molecule has 0 bridgehead atoms. The Bertz CT molecular complexity index is 805. The first-order chi connectivity index (χ1) is 11.1. The van der Waals surface area contributed by atoms with Crippen molar-refractivity contribution in [2.75, 3.05) is 5.32 Å². The third-order valence-electron chi connectivity index (χ3n) is 3.62. The molecule has 138 valence electrons. The average Bonchev–Trinajstić information content (AvgIpc) is 3.15. The third kappa shape index (κ3) is 5.36. The van der Waals surface area contributed by atoms with Crippen molar-refractivity contribution in [3.05, 3.63) is 43.5 Å². The molecule has 0 amide bonds. The summed E-state index contributed by atoms with van der Waals surface area (Å²) in [5.41, 5.74) is 7.80. The second-order valence-electron chi connectivity index (χ2n) is 5.31. The zero-order valence-electron chi connectivity index (χ0n) is 13.4. The number of hydrogen-bond donors (Lipinski definition) is 2. The molecule has 0 aliphatic carbocycles. The quantitative estimate of drug-likeness (QED) is 0.420. The van der Waals surface area contributed by atoms with Crippen molar-refractivity contribution in [1.29, 1.82) is 0 Å². The van der Waals surface area contributed by atoms with Crippen molar-refractivity contribution in [1.82, 2.24) is 4.98 Å². The Morgan fingerprint density at radius 1 is 1.32 bits per heavy atom. The highest BCUT2D eigenvalue weighted by atomic mass is 35.5. The van der Waals surface area contributed by atoms with Crippen molar-refractivity contribution in [3.8, 4) is 0 Å². The Kier molecular flexibility index (Phi) is 9.26. The first-order valence-electron chi connectivity index (χ1n) is 7.37. The van der Waals surface area contributed by atoms with Gasteiger partial charge in [0.05, 0.1) is 15.4 Å². The molecule has 25 heavy (non-hydrogen) atoms. The fourth-order valence-electron chi connectivity index (χ4n) is 2.29. The molecule has 0 aromatic carbocycles. The molecule has 1 atom stereocenters. The molecule has 3 heterocycles. The average molecular weight is 459 g/mol. The highest BCUT2D eigenvalue weighted by Crippen LogP contribution is 2.40. The van der Waals surface area contributed by atoms with E-state index in [0.29, 0.717) is 10.2 Å². The summed E-state index contributed by atoms with van der Waals surface area (Å²) in [5.74, 6) is 0. The molecule has 0 spiro atoms. The summed E-state index contributed by atoms with van der Waals surface area (Å²) in [6.07, 6.45) is 1.68. The van der Waals surface area contributed by atoms with E-state index in [1.807, 2.05) is 12.1 Å². The minimum atomic E-state index is 0. The van der Waals surface area contributed by atoms with Gasteiger partial charge in [0.1, 0.15) is 10.7 Å². The minimum Gasteiger partial charge on any atom is -0.379 e. The van der Waals surface area contributed by atoms with E-state index in [2.05, 4.69) is 28.7 Å². The molecule has 0 saturated heterocycles. The van der Waals surface area contributed by atoms with Gasteiger partial charge < -0.3 is 11.1 Å². The van der Waals surface area contributed by atoms with E-state index < -0.39 is 0 Å². The number of anilines is 1. The van der Waals surface area contributed by atoms with E-state index in [9.17, 15) is 0 Å². The molecule has 0 unspecified atom stereocenters. The standard InChI is InChI=1S/C16H17Cl2N3S2.2ClH/c1-2-9(19)6-12-14(18)15-16(23-12)11(7-13(17)21-15)20-8-10-4-3-5-22-10;;/h3-5,7,9H,2,6,8,19H2,1H3,(H,20,21);2*1H/t9-;;/m0../s1. The van der Waals surface area contributed by atoms with E-state index in [4.69, 9.17) is 28.9 Å². The molecule has 3 rings (SSSR count). The Balaban J connectivity index is 0.00000156. The van der Waals surface area contributed by atoms with E-state index in [0.717, 1.165) is 40.2 Å². The van der Waals surface area contributed by atoms with Crippen molar-refractivity contribution in [2.24, 2.45) is 5.73 Å². The number of nitrogens with one attached hydrogen (secondary N) is 1. The predicted molar refractivity (Wildman–Crippen MR) is 118 cm³/mol. The van der Waals surface area contributed by atoms with Crippen LogP contribution in [0.15, 0.2) is 23.6 Å². The van der Waals surface area contributed by atoms with Gasteiger partial charge in [0.15, 0.2) is 0 Å². The van der Waals surface area contributed by atoms with Crippen molar-refractivity contribution in [2.45, 2.75) is 32.4 Å². The summed E-state index contributed by atoms with van der Waals surface area (Å²) in [6.45, 7) is 2.83. The second-order valence-corrected chi connectivity index (χ2v) is 8.22. The first-order valence-corrected chi connectivity index (χ1v) is 9.83. The molecule has 0 radical (unpaired) electrons. The van der Waals surface area contributed by atoms with Crippen LogP contribution in [0.5, 0.6) is 0 Å². The zero-order chi connectivity index (χ0) is 16.4. The topological polar surface area (TPSA) is 50.9 Å². The van der Waals surface area contributed by atoms with Crippen LogP contribution >= 0.6 is 70.7 Å². The molecule has 9 heteroatoms. The van der Waals surface area contributed by atoms with Gasteiger partial charge in [-0.3, -0.25) is 0 Å². The zero-order valence-corrected chi connectivity index (χ0v) is 18.2. The van der Waals surface area contributed by atoms with Gasteiger partial charge in [-0.1, -0.05) is 36.2 Å². The van der Waals surface area contributed by atoms with Gasteiger partial charge in [-0.2, -0.15) is 0 Å². The normalized spacial score (nSPS) is 11.7. The molecular formula is C16H19Cl4N3S2. The van der Waals surface area contributed by atoms with E-state index in [1.165, 1.54) is 4.88 Å². The minimum absolute atomic E-state index is 0. The van der Waals surface area contributed by atoms with Crippen LogP contribution in [-0.2, 0) is 13.0 Å². The summed E-state index contributed by atoms with van der Waals surface area (Å²) >= 11 is 16.1. The van der Waals surface area contributed by atoms with Crippen LogP contribution < -0.4 is 11.1 Å². The maximum atomic E-state index is 6.51. The van der Waals surface area contributed by atoms with E-state index in [1.54, 1.807) is 22.7 Å². The van der Waals surface area contributed by atoms with Crippen LogP contribution in [-0.4, -0.2) is 11.0 Å². The number of pyridine rings is 1. The molecule has 0 saturated carbocycles. The van der Waals surface area contributed by atoms with Crippen LogP contribution in [0.3, 0.4) is 0 Å². The number of nitrogens with two attached hydrogens (primary N) is 1. The summed E-state index contributed by atoms with van der Waals surface area (Å²) in [5, 5.41) is 6.63. The molecule has 3 nitrogen and oxygen atoms in total. The summed E-state index contributed by atoms with van der Waals surface area (Å²) < 4.78 is 1.04. The number of fused-ring (bicyclic) bond motifs is 1. The van der Waals surface area contributed by atoms with Gasteiger partial charge in [-0.05, 0) is 24.3 Å². The lowest BCUT2D eigenvalue weighted by atomic mass is 10.1. The van der Waals surface area contributed by atoms with Gasteiger partial charge >= 0.3 is 0 Å². The van der Waals surface area contributed by atoms with Crippen LogP contribution in [0, 0.1) is 0 Å². The largest absolute Gasteiger partial charge is 0.379 e. The van der Waals surface area contributed by atoms with E-state index >= 15 is 0 Å². The number of halogens is 4. The van der Waals surface area contributed by atoms with Gasteiger partial charge in [0, 0.05) is 28.4 Å². The Morgan fingerprint density at radius 3 is 2.72 bits per heavy atom. The molecule has 3 aromatic heterocycles. The summed E-state index contributed by atoms with van der Waals surface area (Å²) in [6, 6.07) is 6.11. The predicted octanol–water partition coefficient (Wildman–Crippen LogP) is 6.40. The lowest BCUT2D eigenvalue weighted by molar-refractivity contribution is 0.652. The van der Waals surface area contributed by atoms with Crippen molar-refractivity contribution >= 4 is 86.6 Å². The monoisotopic (exact) mass is 457 g/mol. The molecule has 3 aromatic rings. The lowest BCUT2D eigenvalue weighted by Crippen LogP contribution is -2.20. The number of thiophene rings is 2. The van der Waals surface area contributed by atoms with Crippen LogP contribution in [0.2, 0.25) is 10.2 Å². The highest BCUT2D eigenvalue weighted by molar-refractivity contribution is 7.20. The molecular weight excluding hydrogens is 440 g/mol. The first kappa shape index (κ1) is 22.8. The van der Waals surface area contributed by atoms with Crippen LogP contribution in [0.4, 0.5) is 5.69 Å². The number of nitrogens with zero attached hydrogens (tertiary/aromatic N) is 1. The Morgan fingerprint density at radius 2 is 2.08 bits per heavy atom. The Hall–Kier alpha value is -0.270. The molecule has 0 aliphatic heterocycles. The second kappa shape index (κ2) is 10.2. The number of aromatic nitrogens is 1. The van der Waals surface area contributed by atoms with Gasteiger partial charge in [-0.25, -0.2) is 4.98 Å². The molecule has 3 N–H and O–H groups in total. The van der Waals surface area contributed by atoms with Crippen molar-refractivity contribution < 1.29 is 0 Å². The third-order valence-corrected chi connectivity index (χ3v) is 6.45. The SMILES string of the molecule is CC[C@H](N)Cc1sc2c(NCc3cccs3)cc(Cl)nc2c1Cl.Cl.Cl. The van der Waals surface area contributed by atoms with Crippen molar-refractivity contribution in [3.63, 3.8) is 0 Å². The summed E-state index contributed by atoms with van der Waals surface area (Å²) in [7, 11) is 0. The lowest BCUT2D eigenvalue weighted by Gasteiger charge is -2.06.